The molecule has 3 rings (SSSR count). The number of aromatic nitrogens is 4. The van der Waals surface area contributed by atoms with E-state index in [0.29, 0.717) is 23.6 Å². The molecule has 0 radical (unpaired) electrons. The summed E-state index contributed by atoms with van der Waals surface area (Å²) in [5, 5.41) is 3.83. The zero-order chi connectivity index (χ0) is 14.4. The highest BCUT2D eigenvalue weighted by molar-refractivity contribution is 5.88. The predicted octanol–water partition coefficient (Wildman–Crippen LogP) is 1.27. The summed E-state index contributed by atoms with van der Waals surface area (Å²) in [6.45, 7) is 5.93. The van der Waals surface area contributed by atoms with E-state index in [1.807, 2.05) is 20.8 Å². The fourth-order valence-corrected chi connectivity index (χ4v) is 2.33. The Balaban J connectivity index is 2.25. The van der Waals surface area contributed by atoms with Crippen LogP contribution >= 0.6 is 0 Å². The lowest BCUT2D eigenvalue weighted by Crippen LogP contribution is -2.17. The Morgan fingerprint density at radius 2 is 2.15 bits per heavy atom. The molecule has 3 N–H and O–H groups in total. The average Bonchev–Trinajstić information content (AvgIpc) is 2.93. The number of nitrogens with one attached hydrogen (secondary N) is 1. The number of aryl methyl sites for hydroxylation is 3. The molecule has 7 heteroatoms. The van der Waals surface area contributed by atoms with Gasteiger partial charge in [-0.1, -0.05) is 5.16 Å². The second-order valence-corrected chi connectivity index (χ2v) is 4.88. The third-order valence-corrected chi connectivity index (χ3v) is 3.42. The molecule has 0 unspecified atom stereocenters. The molecule has 0 aliphatic rings. The van der Waals surface area contributed by atoms with E-state index in [9.17, 15) is 4.79 Å². The lowest BCUT2D eigenvalue weighted by molar-refractivity contribution is 0.373. The van der Waals surface area contributed by atoms with Gasteiger partial charge in [-0.05, 0) is 26.3 Å². The molecule has 0 saturated carbocycles. The molecule has 3 aromatic heterocycles. The molecule has 0 spiro atoms. The monoisotopic (exact) mass is 273 g/mol. The summed E-state index contributed by atoms with van der Waals surface area (Å²) in [6, 6.07) is 1.80. The zero-order valence-electron chi connectivity index (χ0n) is 11.5. The van der Waals surface area contributed by atoms with Gasteiger partial charge in [0.05, 0.1) is 17.8 Å². The number of nitrogens with zero attached hydrogens (tertiary/aromatic N) is 3. The Bertz CT molecular complexity index is 856. The van der Waals surface area contributed by atoms with Crippen molar-refractivity contribution < 1.29 is 4.52 Å². The van der Waals surface area contributed by atoms with Gasteiger partial charge in [-0.25, -0.2) is 9.78 Å². The van der Waals surface area contributed by atoms with Crippen molar-refractivity contribution in [2.24, 2.45) is 0 Å². The van der Waals surface area contributed by atoms with Gasteiger partial charge < -0.3 is 15.2 Å². The maximum atomic E-state index is 12.1. The first-order valence-corrected chi connectivity index (χ1v) is 6.24. The van der Waals surface area contributed by atoms with E-state index in [4.69, 9.17) is 10.3 Å². The Morgan fingerprint density at radius 3 is 2.80 bits per heavy atom. The van der Waals surface area contributed by atoms with Crippen LogP contribution in [0, 0.1) is 20.8 Å². The fraction of sp³-hybridized carbons (Fsp3) is 0.308. The van der Waals surface area contributed by atoms with Gasteiger partial charge in [0.1, 0.15) is 11.3 Å². The molecular formula is C13H15N5O2. The molecule has 0 aliphatic heterocycles. The first kappa shape index (κ1) is 12.5. The van der Waals surface area contributed by atoms with Crippen LogP contribution in [0.1, 0.15) is 22.7 Å². The third-order valence-electron chi connectivity index (χ3n) is 3.42. The molecule has 0 atom stereocenters. The number of hydrogen-bond donors (Lipinski definition) is 2. The van der Waals surface area contributed by atoms with Crippen molar-refractivity contribution in [1.82, 2.24) is 19.7 Å². The number of imidazole rings is 1. The summed E-state index contributed by atoms with van der Waals surface area (Å²) in [5.41, 5.74) is 9.46. The van der Waals surface area contributed by atoms with Crippen LogP contribution in [-0.2, 0) is 6.54 Å². The highest BCUT2D eigenvalue weighted by Gasteiger charge is 2.16. The van der Waals surface area contributed by atoms with E-state index in [0.717, 1.165) is 22.5 Å². The Kier molecular flexibility index (Phi) is 2.63. The van der Waals surface area contributed by atoms with Crippen LogP contribution in [0.2, 0.25) is 0 Å². The van der Waals surface area contributed by atoms with Crippen molar-refractivity contribution in [2.45, 2.75) is 27.3 Å². The van der Waals surface area contributed by atoms with Crippen LogP contribution in [0.4, 0.5) is 5.82 Å². The topological polar surface area (TPSA) is 103 Å². The zero-order valence-corrected chi connectivity index (χ0v) is 11.5. The summed E-state index contributed by atoms with van der Waals surface area (Å²) < 4.78 is 6.76. The smallest absolute Gasteiger partial charge is 0.326 e. The van der Waals surface area contributed by atoms with Gasteiger partial charge in [-0.15, -0.1) is 0 Å². The SMILES string of the molecule is Cc1cc(Cn2c(=O)[nH]c3c(N)nc(C)c(C)c32)on1. The number of fused-ring (bicyclic) bond motifs is 1. The number of anilines is 1. The van der Waals surface area contributed by atoms with Crippen LogP contribution in [0.25, 0.3) is 11.0 Å². The summed E-state index contributed by atoms with van der Waals surface area (Å²) in [4.78, 5) is 19.1. The van der Waals surface area contributed by atoms with E-state index in [-0.39, 0.29) is 5.69 Å². The Labute approximate surface area is 114 Å². The predicted molar refractivity (Wildman–Crippen MR) is 74.6 cm³/mol. The molecule has 0 bridgehead atoms. The summed E-state index contributed by atoms with van der Waals surface area (Å²) in [7, 11) is 0. The lowest BCUT2D eigenvalue weighted by Gasteiger charge is -2.06. The molecule has 0 aliphatic carbocycles. The van der Waals surface area contributed by atoms with Crippen molar-refractivity contribution >= 4 is 16.9 Å². The summed E-state index contributed by atoms with van der Waals surface area (Å²) >= 11 is 0. The number of hydrogen-bond acceptors (Lipinski definition) is 5. The molecule has 3 aromatic rings. The minimum Gasteiger partial charge on any atom is -0.382 e. The number of aromatic amines is 1. The highest BCUT2D eigenvalue weighted by atomic mass is 16.5. The normalized spacial score (nSPS) is 11.3. The molecule has 7 nitrogen and oxygen atoms in total. The van der Waals surface area contributed by atoms with Crippen LogP contribution in [-0.4, -0.2) is 19.7 Å². The van der Waals surface area contributed by atoms with Gasteiger partial charge in [-0.3, -0.25) is 4.57 Å². The van der Waals surface area contributed by atoms with Gasteiger partial charge in [0.25, 0.3) is 0 Å². The minimum atomic E-state index is -0.240. The van der Waals surface area contributed by atoms with Crippen molar-refractivity contribution in [3.8, 4) is 0 Å². The quantitative estimate of drug-likeness (QED) is 0.731. The molecule has 0 saturated heterocycles. The van der Waals surface area contributed by atoms with E-state index in [1.165, 1.54) is 0 Å². The average molecular weight is 273 g/mol. The molecule has 0 amide bonds. The van der Waals surface area contributed by atoms with Gasteiger partial charge in [0.2, 0.25) is 0 Å². The molecule has 20 heavy (non-hydrogen) atoms. The highest BCUT2D eigenvalue weighted by Crippen LogP contribution is 2.22. The summed E-state index contributed by atoms with van der Waals surface area (Å²) in [6.07, 6.45) is 0. The van der Waals surface area contributed by atoms with Gasteiger partial charge in [-0.2, -0.15) is 0 Å². The van der Waals surface area contributed by atoms with E-state index >= 15 is 0 Å². The molecule has 104 valence electrons. The first-order valence-electron chi connectivity index (χ1n) is 6.24. The molecule has 0 fully saturated rings. The number of H-pyrrole nitrogens is 1. The Morgan fingerprint density at radius 1 is 1.40 bits per heavy atom. The number of rotatable bonds is 2. The van der Waals surface area contributed by atoms with Crippen molar-refractivity contribution in [3.05, 3.63) is 39.3 Å². The molecule has 0 aromatic carbocycles. The van der Waals surface area contributed by atoms with E-state index < -0.39 is 0 Å². The second-order valence-electron chi connectivity index (χ2n) is 4.88. The Hall–Kier alpha value is -2.57. The minimum absolute atomic E-state index is 0.240. The van der Waals surface area contributed by atoms with Gasteiger partial charge >= 0.3 is 5.69 Å². The van der Waals surface area contributed by atoms with Crippen LogP contribution in [0.5, 0.6) is 0 Å². The third kappa shape index (κ3) is 1.78. The maximum absolute atomic E-state index is 12.1. The standard InChI is InChI=1S/C13H15N5O2/c1-6-4-9(20-17-6)5-18-11-7(2)8(3)15-12(14)10(11)16-13(18)19/h4H,5H2,1-3H3,(H2,14,15)(H,16,19). The van der Waals surface area contributed by atoms with Crippen molar-refractivity contribution in [1.29, 1.82) is 0 Å². The van der Waals surface area contributed by atoms with Crippen molar-refractivity contribution in [3.63, 3.8) is 0 Å². The fourth-order valence-electron chi connectivity index (χ4n) is 2.33. The maximum Gasteiger partial charge on any atom is 0.326 e. The molecule has 3 heterocycles. The van der Waals surface area contributed by atoms with E-state index in [2.05, 4.69) is 15.1 Å². The van der Waals surface area contributed by atoms with Gasteiger partial charge in [0, 0.05) is 11.8 Å². The number of nitrogens with two attached hydrogens (primary N) is 1. The number of nitrogen functional groups attached to an aromatic ring is 1. The van der Waals surface area contributed by atoms with Crippen LogP contribution in [0.15, 0.2) is 15.4 Å². The van der Waals surface area contributed by atoms with Crippen molar-refractivity contribution in [2.75, 3.05) is 5.73 Å². The van der Waals surface area contributed by atoms with E-state index in [1.54, 1.807) is 10.6 Å². The van der Waals surface area contributed by atoms with Crippen LogP contribution < -0.4 is 11.4 Å². The summed E-state index contributed by atoms with van der Waals surface area (Å²) in [5.74, 6) is 0.950. The van der Waals surface area contributed by atoms with Crippen LogP contribution in [0.3, 0.4) is 0 Å². The second kappa shape index (κ2) is 4.22. The largest absolute Gasteiger partial charge is 0.382 e. The van der Waals surface area contributed by atoms with Gasteiger partial charge in [0.15, 0.2) is 5.76 Å². The first-order chi connectivity index (χ1) is 9.47. The molecular weight excluding hydrogens is 258 g/mol. The number of pyridine rings is 1. The lowest BCUT2D eigenvalue weighted by atomic mass is 10.2.